The first-order chi connectivity index (χ1) is 8.08. The first-order valence-electron chi connectivity index (χ1n) is 5.81. The highest BCUT2D eigenvalue weighted by molar-refractivity contribution is 5.91. The molecule has 0 aliphatic rings. The summed E-state index contributed by atoms with van der Waals surface area (Å²) in [5.41, 5.74) is 6.97. The van der Waals surface area contributed by atoms with Crippen molar-refractivity contribution < 1.29 is 9.53 Å². The molecule has 3 N–H and O–H groups in total. The van der Waals surface area contributed by atoms with Gasteiger partial charge in [0.2, 0.25) is 5.91 Å². The monoisotopic (exact) mass is 236 g/mol. The van der Waals surface area contributed by atoms with Gasteiger partial charge >= 0.3 is 0 Å². The number of benzene rings is 1. The molecule has 0 heterocycles. The van der Waals surface area contributed by atoms with Crippen LogP contribution in [0.3, 0.4) is 0 Å². The molecule has 1 rings (SSSR count). The van der Waals surface area contributed by atoms with Gasteiger partial charge in [-0.25, -0.2) is 0 Å². The molecule has 94 valence electrons. The van der Waals surface area contributed by atoms with Crippen molar-refractivity contribution in [2.24, 2.45) is 5.92 Å². The van der Waals surface area contributed by atoms with Crippen LogP contribution in [0.5, 0.6) is 0 Å². The second-order valence-electron chi connectivity index (χ2n) is 4.39. The van der Waals surface area contributed by atoms with Crippen molar-refractivity contribution in [1.82, 2.24) is 0 Å². The van der Waals surface area contributed by atoms with Gasteiger partial charge in [-0.15, -0.1) is 0 Å². The Morgan fingerprint density at radius 1 is 1.47 bits per heavy atom. The molecule has 17 heavy (non-hydrogen) atoms. The van der Waals surface area contributed by atoms with Crippen molar-refractivity contribution in [2.75, 3.05) is 24.3 Å². The van der Waals surface area contributed by atoms with Crippen LogP contribution in [-0.2, 0) is 9.53 Å². The van der Waals surface area contributed by atoms with Gasteiger partial charge < -0.3 is 15.8 Å². The van der Waals surface area contributed by atoms with E-state index in [4.69, 9.17) is 10.5 Å². The average molecular weight is 236 g/mol. The standard InChI is InChI=1S/C13H20N2O2/c1-10(2)9-17-7-6-13(16)15-12-5-3-4-11(14)8-12/h3-5,8,10H,6-7,9,14H2,1-2H3,(H,15,16). The Labute approximate surface area is 102 Å². The van der Waals surface area contributed by atoms with E-state index < -0.39 is 0 Å². The van der Waals surface area contributed by atoms with Gasteiger partial charge in [0.1, 0.15) is 0 Å². The number of hydrogen-bond acceptors (Lipinski definition) is 3. The minimum absolute atomic E-state index is 0.0562. The number of anilines is 2. The summed E-state index contributed by atoms with van der Waals surface area (Å²) in [5, 5.41) is 2.77. The maximum absolute atomic E-state index is 11.5. The highest BCUT2D eigenvalue weighted by Crippen LogP contribution is 2.11. The summed E-state index contributed by atoms with van der Waals surface area (Å²) in [6.45, 7) is 5.29. The maximum atomic E-state index is 11.5. The van der Waals surface area contributed by atoms with Crippen molar-refractivity contribution in [3.63, 3.8) is 0 Å². The van der Waals surface area contributed by atoms with Crippen LogP contribution in [0.2, 0.25) is 0 Å². The van der Waals surface area contributed by atoms with Crippen LogP contribution in [0, 0.1) is 5.92 Å². The van der Waals surface area contributed by atoms with Crippen LogP contribution in [0.1, 0.15) is 20.3 Å². The molecule has 1 amide bonds. The third kappa shape index (κ3) is 5.92. The zero-order chi connectivity index (χ0) is 12.7. The van der Waals surface area contributed by atoms with E-state index >= 15 is 0 Å². The number of carbonyl (C=O) groups is 1. The molecule has 0 aromatic heterocycles. The number of rotatable bonds is 6. The van der Waals surface area contributed by atoms with Crippen molar-refractivity contribution in [3.05, 3.63) is 24.3 Å². The van der Waals surface area contributed by atoms with E-state index in [2.05, 4.69) is 19.2 Å². The summed E-state index contributed by atoms with van der Waals surface area (Å²) in [6.07, 6.45) is 0.363. The van der Waals surface area contributed by atoms with Gasteiger partial charge in [-0.1, -0.05) is 19.9 Å². The van der Waals surface area contributed by atoms with Gasteiger partial charge in [0.25, 0.3) is 0 Å². The number of nitrogens with one attached hydrogen (secondary N) is 1. The zero-order valence-corrected chi connectivity index (χ0v) is 10.4. The van der Waals surface area contributed by atoms with Crippen LogP contribution in [0.4, 0.5) is 11.4 Å². The quantitative estimate of drug-likeness (QED) is 0.588. The molecule has 1 aromatic rings. The number of ether oxygens (including phenoxy) is 1. The summed E-state index contributed by atoms with van der Waals surface area (Å²) in [4.78, 5) is 11.5. The Bertz CT molecular complexity index is 364. The number of nitrogen functional groups attached to an aromatic ring is 1. The Morgan fingerprint density at radius 3 is 2.88 bits per heavy atom. The van der Waals surface area contributed by atoms with Crippen molar-refractivity contribution in [2.45, 2.75) is 20.3 Å². The van der Waals surface area contributed by atoms with Crippen LogP contribution in [-0.4, -0.2) is 19.1 Å². The van der Waals surface area contributed by atoms with Gasteiger partial charge in [0, 0.05) is 18.0 Å². The molecule has 1 aromatic carbocycles. The fraction of sp³-hybridized carbons (Fsp3) is 0.462. The Balaban J connectivity index is 2.25. The van der Waals surface area contributed by atoms with Crippen LogP contribution >= 0.6 is 0 Å². The maximum Gasteiger partial charge on any atom is 0.226 e. The lowest BCUT2D eigenvalue weighted by Gasteiger charge is -2.08. The summed E-state index contributed by atoms with van der Waals surface area (Å²) in [6, 6.07) is 7.12. The zero-order valence-electron chi connectivity index (χ0n) is 10.4. The average Bonchev–Trinajstić information content (AvgIpc) is 2.24. The normalized spacial score (nSPS) is 10.5. The van der Waals surface area contributed by atoms with E-state index in [1.807, 2.05) is 6.07 Å². The molecule has 4 heteroatoms. The molecule has 0 radical (unpaired) electrons. The van der Waals surface area contributed by atoms with E-state index in [1.165, 1.54) is 0 Å². The first-order valence-corrected chi connectivity index (χ1v) is 5.81. The second-order valence-corrected chi connectivity index (χ2v) is 4.39. The summed E-state index contributed by atoms with van der Waals surface area (Å²) in [5.74, 6) is 0.436. The molecule has 0 saturated carbocycles. The molecule has 0 atom stereocenters. The predicted octanol–water partition coefficient (Wildman–Crippen LogP) is 2.27. The summed E-state index contributed by atoms with van der Waals surface area (Å²) < 4.78 is 5.34. The van der Waals surface area contributed by atoms with Gasteiger partial charge in [-0.3, -0.25) is 4.79 Å². The molecule has 0 saturated heterocycles. The Kier molecular flexibility index (Phi) is 5.49. The molecule has 0 spiro atoms. The molecule has 4 nitrogen and oxygen atoms in total. The van der Waals surface area contributed by atoms with E-state index in [0.717, 1.165) is 5.69 Å². The first kappa shape index (κ1) is 13.5. The Hall–Kier alpha value is -1.55. The van der Waals surface area contributed by atoms with Gasteiger partial charge in [0.15, 0.2) is 0 Å². The largest absolute Gasteiger partial charge is 0.399 e. The van der Waals surface area contributed by atoms with Crippen molar-refractivity contribution >= 4 is 17.3 Å². The van der Waals surface area contributed by atoms with Crippen LogP contribution in [0.15, 0.2) is 24.3 Å². The molecule has 0 aliphatic carbocycles. The highest BCUT2D eigenvalue weighted by Gasteiger charge is 2.03. The van der Waals surface area contributed by atoms with E-state index in [1.54, 1.807) is 18.2 Å². The van der Waals surface area contributed by atoms with Crippen molar-refractivity contribution in [3.8, 4) is 0 Å². The number of nitrogens with two attached hydrogens (primary N) is 1. The highest BCUT2D eigenvalue weighted by atomic mass is 16.5. The third-order valence-electron chi connectivity index (χ3n) is 2.10. The summed E-state index contributed by atoms with van der Waals surface area (Å²) >= 11 is 0. The smallest absolute Gasteiger partial charge is 0.226 e. The number of amides is 1. The lowest BCUT2D eigenvalue weighted by Crippen LogP contribution is -2.15. The SMILES string of the molecule is CC(C)COCCC(=O)Nc1cccc(N)c1. The molecular weight excluding hydrogens is 216 g/mol. The van der Waals surface area contributed by atoms with Crippen molar-refractivity contribution in [1.29, 1.82) is 0 Å². The topological polar surface area (TPSA) is 64.3 Å². The number of hydrogen-bond donors (Lipinski definition) is 2. The fourth-order valence-corrected chi connectivity index (χ4v) is 1.32. The second kappa shape index (κ2) is 6.91. The summed E-state index contributed by atoms with van der Waals surface area (Å²) in [7, 11) is 0. The van der Waals surface area contributed by atoms with E-state index in [9.17, 15) is 4.79 Å². The third-order valence-corrected chi connectivity index (χ3v) is 2.10. The lowest BCUT2D eigenvalue weighted by molar-refractivity contribution is -0.117. The van der Waals surface area contributed by atoms with E-state index in [-0.39, 0.29) is 5.91 Å². The minimum Gasteiger partial charge on any atom is -0.399 e. The van der Waals surface area contributed by atoms with Crippen LogP contribution in [0.25, 0.3) is 0 Å². The molecule has 0 bridgehead atoms. The molecular formula is C13H20N2O2. The fourth-order valence-electron chi connectivity index (χ4n) is 1.32. The number of carbonyl (C=O) groups excluding carboxylic acids is 1. The van der Waals surface area contributed by atoms with Gasteiger partial charge in [-0.2, -0.15) is 0 Å². The predicted molar refractivity (Wildman–Crippen MR) is 69.8 cm³/mol. The Morgan fingerprint density at radius 2 is 2.24 bits per heavy atom. The lowest BCUT2D eigenvalue weighted by atomic mass is 10.2. The molecule has 0 aliphatic heterocycles. The van der Waals surface area contributed by atoms with Gasteiger partial charge in [-0.05, 0) is 24.1 Å². The minimum atomic E-state index is -0.0562. The molecule has 0 fully saturated rings. The molecule has 0 unspecified atom stereocenters. The van der Waals surface area contributed by atoms with E-state index in [0.29, 0.717) is 31.2 Å². The van der Waals surface area contributed by atoms with Gasteiger partial charge in [0.05, 0.1) is 13.0 Å². The van der Waals surface area contributed by atoms with Crippen LogP contribution < -0.4 is 11.1 Å².